The Morgan fingerprint density at radius 1 is 1.15 bits per heavy atom. The number of ether oxygens (including phenoxy) is 1. The molecule has 0 bridgehead atoms. The molecule has 0 aromatic heterocycles. The molecule has 1 aliphatic heterocycles. The van der Waals surface area contributed by atoms with Gasteiger partial charge in [0.05, 0.1) is 18.4 Å². The molecule has 0 saturated carbocycles. The van der Waals surface area contributed by atoms with Gasteiger partial charge in [0.1, 0.15) is 4.90 Å². The molecule has 0 aliphatic carbocycles. The van der Waals surface area contributed by atoms with Crippen molar-refractivity contribution in [2.24, 2.45) is 5.14 Å². The normalized spacial score (nSPS) is 17.9. The summed E-state index contributed by atoms with van der Waals surface area (Å²) in [6.45, 7) is 9.84. The Morgan fingerprint density at radius 3 is 2.51 bits per heavy atom. The maximum absolute atomic E-state index is 13.5. The second-order valence-corrected chi connectivity index (χ2v) is 13.0. The molecule has 2 aromatic rings. The third-order valence-electron chi connectivity index (χ3n) is 6.61. The number of rotatable bonds is 14. The average Bonchev–Trinajstić information content (AvgIpc) is 2.93. The van der Waals surface area contributed by atoms with Crippen molar-refractivity contribution >= 4 is 39.2 Å². The molecule has 1 heterocycles. The molecule has 1 saturated heterocycles. The van der Waals surface area contributed by atoms with E-state index in [4.69, 9.17) is 9.88 Å². The molecule has 1 fully saturated rings. The zero-order valence-electron chi connectivity index (χ0n) is 22.2. The monoisotopic (exact) mass is 606 g/mol. The van der Waals surface area contributed by atoms with Crippen LogP contribution in [0.1, 0.15) is 20.3 Å². The van der Waals surface area contributed by atoms with Gasteiger partial charge in [0.25, 0.3) is 9.84 Å². The zero-order valence-corrected chi connectivity index (χ0v) is 24.6. The summed E-state index contributed by atoms with van der Waals surface area (Å²) in [5.41, 5.74) is -5.51. The summed E-state index contributed by atoms with van der Waals surface area (Å²) in [6.07, 6.45) is 0.699. The lowest BCUT2D eigenvalue weighted by molar-refractivity contribution is -0.0435. The smallest absolute Gasteiger partial charge is 0.380 e. The molecular formula is C26H37F3N4O3S3. The van der Waals surface area contributed by atoms with Crippen LogP contribution in [0.2, 0.25) is 0 Å². The van der Waals surface area contributed by atoms with E-state index in [1.54, 1.807) is 11.8 Å². The number of nitrogens with one attached hydrogen (secondary N) is 1. The third kappa shape index (κ3) is 9.27. The number of alkyl halides is 3. The van der Waals surface area contributed by atoms with Crippen LogP contribution in [0.4, 0.5) is 18.9 Å². The van der Waals surface area contributed by atoms with Gasteiger partial charge in [0.15, 0.2) is 0 Å². The van der Waals surface area contributed by atoms with Gasteiger partial charge in [-0.05, 0) is 61.8 Å². The fourth-order valence-electron chi connectivity index (χ4n) is 4.38. The maximum atomic E-state index is 13.5. The Morgan fingerprint density at radius 2 is 1.87 bits per heavy atom. The zero-order chi connectivity index (χ0) is 28.5. The van der Waals surface area contributed by atoms with Gasteiger partial charge in [-0.2, -0.15) is 13.2 Å². The van der Waals surface area contributed by atoms with Crippen molar-refractivity contribution < 1.29 is 26.3 Å². The van der Waals surface area contributed by atoms with E-state index in [0.29, 0.717) is 37.3 Å². The minimum Gasteiger partial charge on any atom is -0.380 e. The molecular weight excluding hydrogens is 570 g/mol. The van der Waals surface area contributed by atoms with Crippen molar-refractivity contribution in [2.45, 2.75) is 52.6 Å². The molecule has 39 heavy (non-hydrogen) atoms. The van der Waals surface area contributed by atoms with Crippen LogP contribution in [0.3, 0.4) is 0 Å². The summed E-state index contributed by atoms with van der Waals surface area (Å²) in [7, 11) is -5.58. The number of nitrogens with zero attached hydrogens (tertiary/aromatic N) is 2. The van der Waals surface area contributed by atoms with Crippen molar-refractivity contribution in [2.75, 3.05) is 56.9 Å². The van der Waals surface area contributed by atoms with Gasteiger partial charge < -0.3 is 15.0 Å². The molecule has 1 aliphatic rings. The fraction of sp³-hybridized carbons (Fsp3) is 0.538. The van der Waals surface area contributed by atoms with Crippen molar-refractivity contribution in [3.8, 4) is 0 Å². The van der Waals surface area contributed by atoms with E-state index in [9.17, 15) is 21.6 Å². The first-order valence-electron chi connectivity index (χ1n) is 12.9. The van der Waals surface area contributed by atoms with Crippen LogP contribution in [0, 0.1) is 0 Å². The Labute approximate surface area is 238 Å². The number of thioether (sulfide) groups is 1. The van der Waals surface area contributed by atoms with Crippen LogP contribution in [-0.4, -0.2) is 87.5 Å². The van der Waals surface area contributed by atoms with E-state index in [1.807, 2.05) is 30.3 Å². The van der Waals surface area contributed by atoms with Gasteiger partial charge in [0.2, 0.25) is 0 Å². The van der Waals surface area contributed by atoms with Crippen LogP contribution >= 0.6 is 23.7 Å². The quantitative estimate of drug-likeness (QED) is 0.229. The number of benzene rings is 2. The van der Waals surface area contributed by atoms with E-state index in [-0.39, 0.29) is 22.7 Å². The van der Waals surface area contributed by atoms with Crippen molar-refractivity contribution in [3.05, 3.63) is 48.5 Å². The third-order valence-corrected chi connectivity index (χ3v) is 9.84. The van der Waals surface area contributed by atoms with Crippen molar-refractivity contribution in [1.82, 2.24) is 9.80 Å². The summed E-state index contributed by atoms with van der Waals surface area (Å²) < 4.78 is 71.4. The number of likely N-dealkylation sites (N-methyl/N-ethyl adjacent to an activating group) is 1. The summed E-state index contributed by atoms with van der Waals surface area (Å²) in [6, 6.07) is 13.3. The predicted molar refractivity (Wildman–Crippen MR) is 153 cm³/mol. The summed E-state index contributed by atoms with van der Waals surface area (Å²) in [5.74, 6) is 0.538. The van der Waals surface area contributed by atoms with Crippen LogP contribution in [0.25, 0.3) is 0 Å². The minimum atomic E-state index is -5.58. The SMILES string of the molecule is CCN(CC)CC1CN(CCC(CSc2ccccc2)Nc2ccc(SN)cc2S(=O)(=O)C(F)(F)F)CCO1. The highest BCUT2D eigenvalue weighted by Crippen LogP contribution is 2.37. The summed E-state index contributed by atoms with van der Waals surface area (Å²) >= 11 is 2.26. The molecule has 0 spiro atoms. The summed E-state index contributed by atoms with van der Waals surface area (Å²) in [4.78, 5) is 5.06. The highest BCUT2D eigenvalue weighted by molar-refractivity contribution is 7.99. The predicted octanol–water partition coefficient (Wildman–Crippen LogP) is 4.95. The van der Waals surface area contributed by atoms with Crippen LogP contribution in [-0.2, 0) is 14.6 Å². The first-order valence-corrected chi connectivity index (χ1v) is 16.2. The molecule has 3 N–H and O–H groups in total. The standard InChI is InChI=1S/C26H37F3N4O3S3/c1-3-32(4-2)17-21-18-33(14-15-36-21)13-12-20(19-37-22-8-6-5-7-9-22)31-24-11-10-23(38-30)16-25(24)39(34,35)26(27,28)29/h5-11,16,20-21,31H,3-4,12-15,17-19,30H2,1-2H3. The Bertz CT molecular complexity index is 1140. The van der Waals surface area contributed by atoms with E-state index in [0.717, 1.165) is 43.7 Å². The van der Waals surface area contributed by atoms with Gasteiger partial charge in [-0.1, -0.05) is 32.0 Å². The Hall–Kier alpha value is -1.48. The highest BCUT2D eigenvalue weighted by Gasteiger charge is 2.48. The number of morpholine rings is 1. The number of sulfone groups is 1. The van der Waals surface area contributed by atoms with Gasteiger partial charge in [0, 0.05) is 47.8 Å². The van der Waals surface area contributed by atoms with Gasteiger partial charge >= 0.3 is 5.51 Å². The number of hydrogen-bond acceptors (Lipinski definition) is 9. The van der Waals surface area contributed by atoms with Crippen LogP contribution in [0.5, 0.6) is 0 Å². The van der Waals surface area contributed by atoms with E-state index in [1.165, 1.54) is 12.1 Å². The van der Waals surface area contributed by atoms with Crippen molar-refractivity contribution in [1.29, 1.82) is 0 Å². The number of nitrogens with two attached hydrogens (primary N) is 1. The van der Waals surface area contributed by atoms with E-state index in [2.05, 4.69) is 29.0 Å². The molecule has 2 aromatic carbocycles. The van der Waals surface area contributed by atoms with Gasteiger partial charge in [-0.15, -0.1) is 11.8 Å². The topological polar surface area (TPSA) is 87.9 Å². The molecule has 0 amide bonds. The molecule has 2 unspecified atom stereocenters. The van der Waals surface area contributed by atoms with Crippen LogP contribution in [0.15, 0.2) is 63.2 Å². The number of halogens is 3. The molecule has 7 nitrogen and oxygen atoms in total. The second-order valence-electron chi connectivity index (χ2n) is 9.26. The van der Waals surface area contributed by atoms with E-state index < -0.39 is 20.2 Å². The largest absolute Gasteiger partial charge is 0.501 e. The van der Waals surface area contributed by atoms with Gasteiger partial charge in [-0.25, -0.2) is 8.42 Å². The Balaban J connectivity index is 1.78. The fourth-order valence-corrected chi connectivity index (χ4v) is 6.72. The number of hydrogen-bond donors (Lipinski definition) is 2. The van der Waals surface area contributed by atoms with Crippen molar-refractivity contribution in [3.63, 3.8) is 0 Å². The lowest BCUT2D eigenvalue weighted by Gasteiger charge is -2.36. The van der Waals surface area contributed by atoms with Gasteiger partial charge in [-0.3, -0.25) is 10.0 Å². The second kappa shape index (κ2) is 14.9. The highest BCUT2D eigenvalue weighted by atomic mass is 32.2. The molecule has 3 rings (SSSR count). The molecule has 0 radical (unpaired) electrons. The van der Waals surface area contributed by atoms with Crippen LogP contribution < -0.4 is 10.5 Å². The molecule has 13 heteroatoms. The van der Waals surface area contributed by atoms with E-state index >= 15 is 0 Å². The first kappa shape index (κ1) is 32.0. The lowest BCUT2D eigenvalue weighted by atomic mass is 10.1. The number of anilines is 1. The summed E-state index contributed by atoms with van der Waals surface area (Å²) in [5, 5.41) is 8.65. The first-order chi connectivity index (χ1) is 18.6. The molecule has 218 valence electrons. The minimum absolute atomic E-state index is 0.0785. The average molecular weight is 607 g/mol. The Kier molecular flexibility index (Phi) is 12.3. The maximum Gasteiger partial charge on any atom is 0.501 e. The molecule has 2 atom stereocenters. The lowest BCUT2D eigenvalue weighted by Crippen LogP contribution is -2.48.